The Kier molecular flexibility index (Phi) is 3.42. The SMILES string of the molecule is CCc1ncccc1Oc1ccc(Cl)cc1. The van der Waals surface area contributed by atoms with Crippen molar-refractivity contribution in [1.82, 2.24) is 4.98 Å². The first-order chi connectivity index (χ1) is 7.79. The van der Waals surface area contributed by atoms with E-state index in [2.05, 4.69) is 11.9 Å². The molecule has 0 radical (unpaired) electrons. The van der Waals surface area contributed by atoms with Gasteiger partial charge < -0.3 is 4.74 Å². The van der Waals surface area contributed by atoms with Crippen molar-refractivity contribution in [3.8, 4) is 11.5 Å². The molecule has 0 unspecified atom stereocenters. The summed E-state index contributed by atoms with van der Waals surface area (Å²) < 4.78 is 5.73. The van der Waals surface area contributed by atoms with Crippen molar-refractivity contribution in [1.29, 1.82) is 0 Å². The van der Waals surface area contributed by atoms with Gasteiger partial charge in [0.05, 0.1) is 5.69 Å². The molecule has 0 saturated carbocycles. The zero-order valence-corrected chi connectivity index (χ0v) is 9.74. The van der Waals surface area contributed by atoms with Crippen LogP contribution in [0.15, 0.2) is 42.6 Å². The highest BCUT2D eigenvalue weighted by atomic mass is 35.5. The molecule has 0 aliphatic carbocycles. The van der Waals surface area contributed by atoms with E-state index >= 15 is 0 Å². The summed E-state index contributed by atoms with van der Waals surface area (Å²) >= 11 is 5.81. The largest absolute Gasteiger partial charge is 0.455 e. The number of halogens is 1. The number of nitrogens with zero attached hydrogens (tertiary/aromatic N) is 1. The van der Waals surface area contributed by atoms with Gasteiger partial charge in [0.1, 0.15) is 11.5 Å². The van der Waals surface area contributed by atoms with Gasteiger partial charge in [-0.3, -0.25) is 4.98 Å². The van der Waals surface area contributed by atoms with Crippen molar-refractivity contribution in [3.63, 3.8) is 0 Å². The Morgan fingerprint density at radius 2 is 1.94 bits per heavy atom. The number of aromatic nitrogens is 1. The van der Waals surface area contributed by atoms with Crippen molar-refractivity contribution >= 4 is 11.6 Å². The summed E-state index contributed by atoms with van der Waals surface area (Å²) in [5.74, 6) is 1.57. The van der Waals surface area contributed by atoms with E-state index in [-0.39, 0.29) is 0 Å². The van der Waals surface area contributed by atoms with Gasteiger partial charge in [0, 0.05) is 11.2 Å². The Bertz CT molecular complexity index is 468. The maximum atomic E-state index is 5.81. The van der Waals surface area contributed by atoms with Crippen LogP contribution in [0.1, 0.15) is 12.6 Å². The highest BCUT2D eigenvalue weighted by molar-refractivity contribution is 6.30. The molecule has 0 N–H and O–H groups in total. The number of hydrogen-bond donors (Lipinski definition) is 0. The Balaban J connectivity index is 2.23. The highest BCUT2D eigenvalue weighted by Gasteiger charge is 2.03. The molecule has 2 nitrogen and oxygen atoms in total. The van der Waals surface area contributed by atoms with E-state index in [1.165, 1.54) is 0 Å². The average molecular weight is 234 g/mol. The van der Waals surface area contributed by atoms with Crippen molar-refractivity contribution in [2.24, 2.45) is 0 Å². The fraction of sp³-hybridized carbons (Fsp3) is 0.154. The minimum absolute atomic E-state index is 0.703. The third kappa shape index (κ3) is 2.52. The molecule has 0 spiro atoms. The van der Waals surface area contributed by atoms with Crippen molar-refractivity contribution in [3.05, 3.63) is 53.3 Å². The second-order valence-corrected chi connectivity index (χ2v) is 3.79. The topological polar surface area (TPSA) is 22.1 Å². The van der Waals surface area contributed by atoms with Crippen LogP contribution in [0.2, 0.25) is 5.02 Å². The molecule has 1 heterocycles. The summed E-state index contributed by atoms with van der Waals surface area (Å²) in [4.78, 5) is 4.26. The number of aryl methyl sites for hydroxylation is 1. The van der Waals surface area contributed by atoms with Gasteiger partial charge in [-0.05, 0) is 42.8 Å². The first-order valence-electron chi connectivity index (χ1n) is 5.17. The first-order valence-corrected chi connectivity index (χ1v) is 5.54. The fourth-order valence-electron chi connectivity index (χ4n) is 1.41. The van der Waals surface area contributed by atoms with Crippen LogP contribution in [0.5, 0.6) is 11.5 Å². The Morgan fingerprint density at radius 3 is 2.62 bits per heavy atom. The van der Waals surface area contributed by atoms with Gasteiger partial charge in [-0.2, -0.15) is 0 Å². The van der Waals surface area contributed by atoms with E-state index in [1.54, 1.807) is 18.3 Å². The van der Waals surface area contributed by atoms with Gasteiger partial charge >= 0.3 is 0 Å². The molecule has 2 rings (SSSR count). The normalized spacial score (nSPS) is 10.1. The van der Waals surface area contributed by atoms with Crippen LogP contribution in [-0.4, -0.2) is 4.98 Å². The number of benzene rings is 1. The quantitative estimate of drug-likeness (QED) is 0.797. The van der Waals surface area contributed by atoms with E-state index in [0.29, 0.717) is 5.02 Å². The molecule has 0 aliphatic rings. The first kappa shape index (κ1) is 11.0. The van der Waals surface area contributed by atoms with Crippen LogP contribution < -0.4 is 4.74 Å². The van der Waals surface area contributed by atoms with E-state index in [1.807, 2.05) is 24.3 Å². The monoisotopic (exact) mass is 233 g/mol. The fourth-order valence-corrected chi connectivity index (χ4v) is 1.54. The van der Waals surface area contributed by atoms with E-state index in [9.17, 15) is 0 Å². The van der Waals surface area contributed by atoms with Gasteiger partial charge in [0.15, 0.2) is 0 Å². The number of pyridine rings is 1. The smallest absolute Gasteiger partial charge is 0.148 e. The summed E-state index contributed by atoms with van der Waals surface area (Å²) in [6, 6.07) is 11.1. The lowest BCUT2D eigenvalue weighted by atomic mass is 10.2. The van der Waals surface area contributed by atoms with Crippen molar-refractivity contribution < 1.29 is 4.74 Å². The second-order valence-electron chi connectivity index (χ2n) is 3.36. The second kappa shape index (κ2) is 4.99. The van der Waals surface area contributed by atoms with Gasteiger partial charge in [-0.15, -0.1) is 0 Å². The van der Waals surface area contributed by atoms with Gasteiger partial charge in [-0.1, -0.05) is 18.5 Å². The Morgan fingerprint density at radius 1 is 1.19 bits per heavy atom. The number of ether oxygens (including phenoxy) is 1. The molecular formula is C13H12ClNO. The third-order valence-electron chi connectivity index (χ3n) is 2.22. The molecule has 0 atom stereocenters. The molecule has 0 fully saturated rings. The number of rotatable bonds is 3. The summed E-state index contributed by atoms with van der Waals surface area (Å²) in [5, 5.41) is 0.703. The average Bonchev–Trinajstić information content (AvgIpc) is 2.33. The molecule has 0 aliphatic heterocycles. The molecule has 82 valence electrons. The lowest BCUT2D eigenvalue weighted by Gasteiger charge is -2.08. The van der Waals surface area contributed by atoms with Gasteiger partial charge in [0.2, 0.25) is 0 Å². The van der Waals surface area contributed by atoms with Gasteiger partial charge in [0.25, 0.3) is 0 Å². The molecule has 1 aromatic carbocycles. The predicted molar refractivity (Wildman–Crippen MR) is 65.1 cm³/mol. The van der Waals surface area contributed by atoms with Crippen LogP contribution >= 0.6 is 11.6 Å². The minimum atomic E-state index is 0.703. The van der Waals surface area contributed by atoms with E-state index < -0.39 is 0 Å². The van der Waals surface area contributed by atoms with Crippen LogP contribution in [-0.2, 0) is 6.42 Å². The Labute approximate surface area is 99.9 Å². The number of hydrogen-bond acceptors (Lipinski definition) is 2. The summed E-state index contributed by atoms with van der Waals surface area (Å²) in [5.41, 5.74) is 0.956. The molecule has 3 heteroatoms. The summed E-state index contributed by atoms with van der Waals surface area (Å²) in [6.45, 7) is 2.05. The van der Waals surface area contributed by atoms with Gasteiger partial charge in [-0.25, -0.2) is 0 Å². The summed E-state index contributed by atoms with van der Waals surface area (Å²) in [7, 11) is 0. The molecule has 0 bridgehead atoms. The lowest BCUT2D eigenvalue weighted by molar-refractivity contribution is 0.473. The van der Waals surface area contributed by atoms with Crippen LogP contribution in [0.4, 0.5) is 0 Å². The van der Waals surface area contributed by atoms with Crippen molar-refractivity contribution in [2.45, 2.75) is 13.3 Å². The van der Waals surface area contributed by atoms with Crippen LogP contribution in [0, 0.1) is 0 Å². The third-order valence-corrected chi connectivity index (χ3v) is 2.48. The van der Waals surface area contributed by atoms with E-state index in [0.717, 1.165) is 23.6 Å². The molecule has 0 amide bonds. The molecule has 1 aromatic heterocycles. The standard InChI is InChI=1S/C13H12ClNO/c1-2-12-13(4-3-9-15-12)16-11-7-5-10(14)6-8-11/h3-9H,2H2,1H3. The van der Waals surface area contributed by atoms with E-state index in [4.69, 9.17) is 16.3 Å². The maximum Gasteiger partial charge on any atom is 0.148 e. The molecule has 16 heavy (non-hydrogen) atoms. The lowest BCUT2D eigenvalue weighted by Crippen LogP contribution is -1.92. The van der Waals surface area contributed by atoms with Crippen molar-refractivity contribution in [2.75, 3.05) is 0 Å². The summed E-state index contributed by atoms with van der Waals surface area (Å²) in [6.07, 6.45) is 2.62. The zero-order chi connectivity index (χ0) is 11.4. The Hall–Kier alpha value is -1.54. The highest BCUT2D eigenvalue weighted by Crippen LogP contribution is 2.25. The molecule has 2 aromatic rings. The predicted octanol–water partition coefficient (Wildman–Crippen LogP) is 4.09. The molecular weight excluding hydrogens is 222 g/mol. The zero-order valence-electron chi connectivity index (χ0n) is 8.98. The van der Waals surface area contributed by atoms with Crippen LogP contribution in [0.3, 0.4) is 0 Å². The molecule has 0 saturated heterocycles. The van der Waals surface area contributed by atoms with Crippen LogP contribution in [0.25, 0.3) is 0 Å². The minimum Gasteiger partial charge on any atom is -0.455 e. The maximum absolute atomic E-state index is 5.81.